The van der Waals surface area contributed by atoms with Crippen LogP contribution in [0.3, 0.4) is 0 Å². The molecule has 3 aliphatic rings. The second-order valence-electron chi connectivity index (χ2n) is 7.71. The van der Waals surface area contributed by atoms with E-state index in [-0.39, 0.29) is 19.2 Å². The Hall–Kier alpha value is -4.48. The van der Waals surface area contributed by atoms with E-state index < -0.39 is 23.9 Å². The Bertz CT molecular complexity index is 1310. The molecule has 0 unspecified atom stereocenters. The Balaban J connectivity index is 1.19. The molecule has 3 aliphatic heterocycles. The van der Waals surface area contributed by atoms with Gasteiger partial charge in [0.1, 0.15) is 12.3 Å². The first-order chi connectivity index (χ1) is 16.6. The number of benzene rings is 2. The average molecular weight is 462 g/mol. The summed E-state index contributed by atoms with van der Waals surface area (Å²) in [6, 6.07) is 10.3. The van der Waals surface area contributed by atoms with Crippen LogP contribution in [0.1, 0.15) is 12.8 Å². The van der Waals surface area contributed by atoms with Crippen LogP contribution in [0, 0.1) is 0 Å². The van der Waals surface area contributed by atoms with Crippen LogP contribution in [-0.2, 0) is 16.1 Å². The van der Waals surface area contributed by atoms with Crippen molar-refractivity contribution in [2.45, 2.75) is 25.6 Å². The number of rotatable bonds is 6. The lowest BCUT2D eigenvalue weighted by Gasteiger charge is -2.19. The van der Waals surface area contributed by atoms with E-state index in [0.717, 1.165) is 4.90 Å². The number of imide groups is 1. The monoisotopic (exact) mass is 462 g/mol. The lowest BCUT2D eigenvalue weighted by Crippen LogP contribution is -2.39. The Kier molecular flexibility index (Phi) is 4.64. The molecule has 0 saturated carbocycles. The Morgan fingerprint density at radius 1 is 1.06 bits per heavy atom. The highest BCUT2D eigenvalue weighted by molar-refractivity contribution is 6.25. The highest BCUT2D eigenvalue weighted by Gasteiger charge is 2.55. The normalized spacial score (nSPS) is 20.4. The molecule has 3 aromatic rings. The fourth-order valence-corrected chi connectivity index (χ4v) is 4.08. The Morgan fingerprint density at radius 3 is 2.71 bits per heavy atom. The molecule has 0 bridgehead atoms. The number of aromatic nitrogens is 2. The number of hydrogen-bond acceptors (Lipinski definition) is 11. The number of carbonyl (C=O) groups is 2. The molecule has 2 atom stereocenters. The molecule has 6 rings (SSSR count). The largest absolute Gasteiger partial charge is 0.494 e. The molecule has 1 aromatic heterocycles. The summed E-state index contributed by atoms with van der Waals surface area (Å²) in [5.41, 5.74) is 1.14. The SMILES string of the molecule is CCOc1ccc(N2C(=O)[C@H]3N=NN(Cc4nc(-c5ccc6c(c5)OCO6)no4)[C@@H]3C2=O)cc1. The van der Waals surface area contributed by atoms with Crippen molar-refractivity contribution in [2.75, 3.05) is 18.3 Å². The number of ether oxygens (including phenoxy) is 3. The maximum Gasteiger partial charge on any atom is 0.263 e. The summed E-state index contributed by atoms with van der Waals surface area (Å²) >= 11 is 0. The van der Waals surface area contributed by atoms with E-state index in [4.69, 9.17) is 18.7 Å². The van der Waals surface area contributed by atoms with Crippen molar-refractivity contribution in [1.82, 2.24) is 15.1 Å². The van der Waals surface area contributed by atoms with Crippen molar-refractivity contribution in [1.29, 1.82) is 0 Å². The van der Waals surface area contributed by atoms with Gasteiger partial charge in [-0.25, -0.2) is 4.90 Å². The van der Waals surface area contributed by atoms with Gasteiger partial charge in [0.2, 0.25) is 18.5 Å². The van der Waals surface area contributed by atoms with Gasteiger partial charge in [-0.05, 0) is 49.4 Å². The molecule has 2 aromatic carbocycles. The van der Waals surface area contributed by atoms with Gasteiger partial charge in [-0.3, -0.25) is 14.6 Å². The minimum absolute atomic E-state index is 0.0261. The molecular weight excluding hydrogens is 444 g/mol. The van der Waals surface area contributed by atoms with Crippen LogP contribution in [0.2, 0.25) is 0 Å². The van der Waals surface area contributed by atoms with E-state index in [2.05, 4.69) is 20.5 Å². The quantitative estimate of drug-likeness (QED) is 0.506. The molecule has 2 amide bonds. The topological polar surface area (TPSA) is 132 Å². The molecular formula is C22H18N6O6. The molecule has 1 fully saturated rings. The van der Waals surface area contributed by atoms with Gasteiger partial charge in [-0.15, -0.1) is 0 Å². The zero-order valence-corrected chi connectivity index (χ0v) is 18.0. The molecule has 4 heterocycles. The van der Waals surface area contributed by atoms with Gasteiger partial charge in [0.05, 0.1) is 12.3 Å². The summed E-state index contributed by atoms with van der Waals surface area (Å²) in [6.45, 7) is 2.59. The summed E-state index contributed by atoms with van der Waals surface area (Å²) < 4.78 is 21.5. The molecule has 0 spiro atoms. The lowest BCUT2D eigenvalue weighted by atomic mass is 10.1. The zero-order valence-electron chi connectivity index (χ0n) is 18.0. The van der Waals surface area contributed by atoms with Crippen molar-refractivity contribution in [3.05, 3.63) is 48.4 Å². The van der Waals surface area contributed by atoms with E-state index in [9.17, 15) is 9.59 Å². The number of carbonyl (C=O) groups excluding carboxylic acids is 2. The summed E-state index contributed by atoms with van der Waals surface area (Å²) in [7, 11) is 0. The summed E-state index contributed by atoms with van der Waals surface area (Å²) in [4.78, 5) is 31.6. The first kappa shape index (κ1) is 20.1. The van der Waals surface area contributed by atoms with Crippen LogP contribution >= 0.6 is 0 Å². The first-order valence-corrected chi connectivity index (χ1v) is 10.6. The number of nitrogens with zero attached hydrogens (tertiary/aromatic N) is 6. The van der Waals surface area contributed by atoms with Gasteiger partial charge in [0.15, 0.2) is 23.6 Å². The van der Waals surface area contributed by atoms with E-state index in [1.165, 1.54) is 5.01 Å². The van der Waals surface area contributed by atoms with Crippen molar-refractivity contribution in [3.8, 4) is 28.6 Å². The Labute approximate surface area is 192 Å². The number of anilines is 1. The first-order valence-electron chi connectivity index (χ1n) is 10.6. The standard InChI is InChI=1S/C22H18N6O6/c1-2-31-14-6-4-13(5-7-14)28-21(29)18-19(22(28)30)27(26-24-18)10-17-23-20(25-34-17)12-3-8-15-16(9-12)33-11-32-15/h3-9,18-19H,2,10-11H2,1H3/t18-,19-/m0/s1. The maximum absolute atomic E-state index is 13.2. The summed E-state index contributed by atoms with van der Waals surface area (Å²) in [6.07, 6.45) is 0. The zero-order chi connectivity index (χ0) is 23.2. The third kappa shape index (κ3) is 3.22. The second kappa shape index (κ2) is 7.83. The van der Waals surface area contributed by atoms with Crippen LogP contribution < -0.4 is 19.1 Å². The van der Waals surface area contributed by atoms with E-state index >= 15 is 0 Å². The molecule has 12 nitrogen and oxygen atoms in total. The highest BCUT2D eigenvalue weighted by atomic mass is 16.7. The summed E-state index contributed by atoms with van der Waals surface area (Å²) in [5.74, 6) is 1.64. The molecule has 1 saturated heterocycles. The van der Waals surface area contributed by atoms with Crippen LogP contribution in [0.25, 0.3) is 11.4 Å². The fraction of sp³-hybridized carbons (Fsp3) is 0.273. The fourth-order valence-electron chi connectivity index (χ4n) is 4.08. The van der Waals surface area contributed by atoms with Crippen molar-refractivity contribution < 1.29 is 28.3 Å². The van der Waals surface area contributed by atoms with Gasteiger partial charge in [0.25, 0.3) is 11.8 Å². The van der Waals surface area contributed by atoms with Crippen molar-refractivity contribution in [3.63, 3.8) is 0 Å². The summed E-state index contributed by atoms with van der Waals surface area (Å²) in [5, 5.41) is 13.4. The third-order valence-electron chi connectivity index (χ3n) is 5.66. The van der Waals surface area contributed by atoms with Crippen LogP contribution in [0.5, 0.6) is 17.2 Å². The number of amides is 2. The maximum atomic E-state index is 13.2. The second-order valence-corrected chi connectivity index (χ2v) is 7.71. The van der Waals surface area contributed by atoms with Gasteiger partial charge in [-0.1, -0.05) is 10.4 Å². The number of fused-ring (bicyclic) bond motifs is 2. The van der Waals surface area contributed by atoms with E-state index in [1.54, 1.807) is 42.5 Å². The average Bonchev–Trinajstić information content (AvgIpc) is 3.62. The minimum atomic E-state index is -0.921. The number of hydrogen-bond donors (Lipinski definition) is 0. The van der Waals surface area contributed by atoms with E-state index in [1.807, 2.05) is 6.92 Å². The van der Waals surface area contributed by atoms with Gasteiger partial charge < -0.3 is 18.7 Å². The smallest absolute Gasteiger partial charge is 0.263 e. The molecule has 0 radical (unpaired) electrons. The lowest BCUT2D eigenvalue weighted by molar-refractivity contribution is -0.123. The van der Waals surface area contributed by atoms with Gasteiger partial charge >= 0.3 is 0 Å². The highest BCUT2D eigenvalue weighted by Crippen LogP contribution is 2.36. The Morgan fingerprint density at radius 2 is 1.88 bits per heavy atom. The molecule has 172 valence electrons. The molecule has 0 N–H and O–H groups in total. The predicted molar refractivity (Wildman–Crippen MR) is 114 cm³/mol. The minimum Gasteiger partial charge on any atom is -0.494 e. The predicted octanol–water partition coefficient (Wildman–Crippen LogP) is 2.36. The van der Waals surface area contributed by atoms with Gasteiger partial charge in [0, 0.05) is 5.56 Å². The van der Waals surface area contributed by atoms with Crippen LogP contribution in [-0.4, -0.2) is 52.4 Å². The van der Waals surface area contributed by atoms with Crippen LogP contribution in [0.4, 0.5) is 5.69 Å². The van der Waals surface area contributed by atoms with Gasteiger partial charge in [-0.2, -0.15) is 10.1 Å². The van der Waals surface area contributed by atoms with Crippen LogP contribution in [0.15, 0.2) is 57.3 Å². The third-order valence-corrected chi connectivity index (χ3v) is 5.66. The molecule has 12 heteroatoms. The van der Waals surface area contributed by atoms with Crippen molar-refractivity contribution in [2.24, 2.45) is 10.3 Å². The van der Waals surface area contributed by atoms with E-state index in [0.29, 0.717) is 40.9 Å². The van der Waals surface area contributed by atoms with Crippen molar-refractivity contribution >= 4 is 17.5 Å². The molecule has 0 aliphatic carbocycles. The molecule has 34 heavy (non-hydrogen) atoms.